The molecule has 0 radical (unpaired) electrons. The molecule has 1 saturated heterocycles. The second-order valence-corrected chi connectivity index (χ2v) is 5.58. The van der Waals surface area contributed by atoms with Crippen LogP contribution in [0.5, 0.6) is 0 Å². The van der Waals surface area contributed by atoms with Crippen LogP contribution >= 0.6 is 0 Å². The molecular formula is C14H18F2N6. The Morgan fingerprint density at radius 3 is 2.45 bits per heavy atom. The van der Waals surface area contributed by atoms with Crippen LogP contribution in [0.4, 0.5) is 20.5 Å². The molecule has 1 unspecified atom stereocenters. The molecule has 1 aliphatic carbocycles. The number of alkyl halides is 2. The zero-order chi connectivity index (χ0) is 15.7. The first-order chi connectivity index (χ1) is 10.6. The van der Waals surface area contributed by atoms with E-state index in [1.54, 1.807) is 11.7 Å². The molecule has 1 saturated carbocycles. The molecule has 0 spiro atoms. The van der Waals surface area contributed by atoms with Gasteiger partial charge in [-0.05, 0) is 30.4 Å². The number of nitrogens with two attached hydrogens (primary N) is 1. The lowest BCUT2D eigenvalue weighted by atomic mass is 10.2. The number of anilines is 2. The highest BCUT2D eigenvalue weighted by Crippen LogP contribution is 2.45. The van der Waals surface area contributed by atoms with Gasteiger partial charge >= 0.3 is 0 Å². The predicted molar refractivity (Wildman–Crippen MR) is 79.5 cm³/mol. The molecule has 4 rings (SSSR count). The van der Waals surface area contributed by atoms with Crippen LogP contribution in [0.25, 0.3) is 11.4 Å². The number of rotatable bonds is 2. The number of piperidine rings is 1. The van der Waals surface area contributed by atoms with E-state index < -0.39 is 6.93 Å². The third kappa shape index (κ3) is 2.86. The summed E-state index contributed by atoms with van der Waals surface area (Å²) in [6.07, 6.45) is 3.24. The lowest BCUT2D eigenvalue weighted by Crippen LogP contribution is -2.22. The lowest BCUT2D eigenvalue weighted by Gasteiger charge is -2.18. The van der Waals surface area contributed by atoms with Gasteiger partial charge in [-0.15, -0.1) is 5.10 Å². The van der Waals surface area contributed by atoms with Gasteiger partial charge in [0.15, 0.2) is 5.82 Å². The van der Waals surface area contributed by atoms with Crippen molar-refractivity contribution in [1.82, 2.24) is 19.7 Å². The minimum atomic E-state index is -1.75. The first-order valence-corrected chi connectivity index (χ1v) is 7.12. The Morgan fingerprint density at radius 1 is 1.27 bits per heavy atom. The van der Waals surface area contributed by atoms with Crippen LogP contribution in [-0.2, 0) is 7.05 Å². The van der Waals surface area contributed by atoms with Crippen LogP contribution in [0.1, 0.15) is 6.42 Å². The molecule has 0 amide bonds. The van der Waals surface area contributed by atoms with Gasteiger partial charge in [0.1, 0.15) is 5.82 Å². The SMILES string of the molecule is Cn1nc(-c2ccc(N3CC4C[C@@H]4C3)nc2)nc1N.FCF. The van der Waals surface area contributed by atoms with Gasteiger partial charge in [0.25, 0.3) is 0 Å². The van der Waals surface area contributed by atoms with E-state index >= 15 is 0 Å². The van der Waals surface area contributed by atoms with Crippen molar-refractivity contribution in [3.05, 3.63) is 18.3 Å². The van der Waals surface area contributed by atoms with Crippen LogP contribution in [0.15, 0.2) is 18.3 Å². The number of nitrogens with zero attached hydrogens (tertiary/aromatic N) is 5. The van der Waals surface area contributed by atoms with Gasteiger partial charge in [0.2, 0.25) is 12.9 Å². The second kappa shape index (κ2) is 5.86. The molecule has 2 aliphatic rings. The Balaban J connectivity index is 0.000000446. The van der Waals surface area contributed by atoms with Gasteiger partial charge in [-0.3, -0.25) is 0 Å². The fourth-order valence-corrected chi connectivity index (χ4v) is 2.81. The zero-order valence-electron chi connectivity index (χ0n) is 12.3. The molecule has 3 heterocycles. The number of fused-ring (bicyclic) bond motifs is 1. The van der Waals surface area contributed by atoms with Crippen LogP contribution in [0.3, 0.4) is 0 Å². The molecular weight excluding hydrogens is 290 g/mol. The van der Waals surface area contributed by atoms with E-state index in [9.17, 15) is 8.78 Å². The van der Waals surface area contributed by atoms with Crippen molar-refractivity contribution in [2.75, 3.05) is 30.7 Å². The average molecular weight is 308 g/mol. The molecule has 6 nitrogen and oxygen atoms in total. The summed E-state index contributed by atoms with van der Waals surface area (Å²) in [5.41, 5.74) is 6.59. The van der Waals surface area contributed by atoms with Crippen molar-refractivity contribution < 1.29 is 8.78 Å². The maximum atomic E-state index is 9.62. The minimum absolute atomic E-state index is 0.415. The summed E-state index contributed by atoms with van der Waals surface area (Å²) in [6, 6.07) is 4.06. The van der Waals surface area contributed by atoms with Gasteiger partial charge in [-0.1, -0.05) is 0 Å². The van der Waals surface area contributed by atoms with Gasteiger partial charge in [0, 0.05) is 31.9 Å². The third-order valence-corrected chi connectivity index (χ3v) is 4.11. The quantitative estimate of drug-likeness (QED) is 0.916. The van der Waals surface area contributed by atoms with E-state index in [1.165, 1.54) is 6.42 Å². The van der Waals surface area contributed by atoms with Crippen molar-refractivity contribution in [1.29, 1.82) is 0 Å². The number of aromatic nitrogens is 4. The molecule has 2 N–H and O–H groups in total. The van der Waals surface area contributed by atoms with Crippen LogP contribution in [0.2, 0.25) is 0 Å². The molecule has 2 aromatic heterocycles. The highest BCUT2D eigenvalue weighted by Gasteiger charge is 2.45. The normalized spacial score (nSPS) is 22.0. The number of nitrogen functional groups attached to an aromatic ring is 1. The second-order valence-electron chi connectivity index (χ2n) is 5.58. The predicted octanol–water partition coefficient (Wildman–Crippen LogP) is 1.80. The molecule has 0 bridgehead atoms. The molecule has 22 heavy (non-hydrogen) atoms. The first-order valence-electron chi connectivity index (χ1n) is 7.12. The van der Waals surface area contributed by atoms with Crippen LogP contribution in [0, 0.1) is 11.8 Å². The van der Waals surface area contributed by atoms with E-state index in [4.69, 9.17) is 5.73 Å². The highest BCUT2D eigenvalue weighted by molar-refractivity contribution is 5.57. The lowest BCUT2D eigenvalue weighted by molar-refractivity contribution is 0.295. The Kier molecular flexibility index (Phi) is 3.91. The molecule has 2 aromatic rings. The van der Waals surface area contributed by atoms with Gasteiger partial charge < -0.3 is 10.6 Å². The van der Waals surface area contributed by atoms with Gasteiger partial charge in [-0.25, -0.2) is 18.4 Å². The molecule has 118 valence electrons. The fourth-order valence-electron chi connectivity index (χ4n) is 2.81. The Bertz CT molecular complexity index is 612. The zero-order valence-corrected chi connectivity index (χ0v) is 12.3. The minimum Gasteiger partial charge on any atom is -0.368 e. The summed E-state index contributed by atoms with van der Waals surface area (Å²) in [6.45, 7) is 0.567. The maximum absolute atomic E-state index is 9.62. The molecule has 0 aromatic carbocycles. The number of hydrogen-bond acceptors (Lipinski definition) is 5. The van der Waals surface area contributed by atoms with E-state index in [0.29, 0.717) is 11.8 Å². The first kappa shape index (κ1) is 14.7. The van der Waals surface area contributed by atoms with Gasteiger partial charge in [0.05, 0.1) is 0 Å². The Hall–Kier alpha value is -2.25. The van der Waals surface area contributed by atoms with E-state index in [-0.39, 0.29) is 0 Å². The molecule has 2 fully saturated rings. The number of aryl methyl sites for hydroxylation is 1. The number of pyridine rings is 1. The molecule has 1 aliphatic heterocycles. The smallest absolute Gasteiger partial charge is 0.229 e. The Morgan fingerprint density at radius 2 is 1.95 bits per heavy atom. The van der Waals surface area contributed by atoms with Crippen LogP contribution in [-0.4, -0.2) is 39.8 Å². The van der Waals surface area contributed by atoms with Crippen molar-refractivity contribution in [3.8, 4) is 11.4 Å². The highest BCUT2D eigenvalue weighted by atomic mass is 19.3. The van der Waals surface area contributed by atoms with Crippen molar-refractivity contribution >= 4 is 11.8 Å². The summed E-state index contributed by atoms with van der Waals surface area (Å²) in [5, 5.41) is 4.25. The van der Waals surface area contributed by atoms with Crippen molar-refractivity contribution in [2.24, 2.45) is 18.9 Å². The summed E-state index contributed by atoms with van der Waals surface area (Å²) in [4.78, 5) is 11.1. The number of halogens is 2. The topological polar surface area (TPSA) is 72.9 Å². The van der Waals surface area contributed by atoms with Crippen molar-refractivity contribution in [2.45, 2.75) is 6.42 Å². The fraction of sp³-hybridized carbons (Fsp3) is 0.500. The Labute approximate surface area is 127 Å². The van der Waals surface area contributed by atoms with Crippen LogP contribution < -0.4 is 10.6 Å². The van der Waals surface area contributed by atoms with E-state index in [1.807, 2.05) is 18.3 Å². The summed E-state index contributed by atoms with van der Waals surface area (Å²) in [5.74, 6) is 3.93. The molecule has 8 heteroatoms. The van der Waals surface area contributed by atoms with Gasteiger partial charge in [-0.2, -0.15) is 4.98 Å². The van der Waals surface area contributed by atoms with Crippen molar-refractivity contribution in [3.63, 3.8) is 0 Å². The summed E-state index contributed by atoms with van der Waals surface area (Å²) >= 11 is 0. The van der Waals surface area contributed by atoms with E-state index in [2.05, 4.69) is 20.0 Å². The summed E-state index contributed by atoms with van der Waals surface area (Å²) in [7, 11) is 1.78. The standard InChI is InChI=1S/C13H16N6.CH2F2/c1-18-13(14)16-12(17-18)8-2-3-11(15-5-8)19-6-9-4-10(9)7-19;2-1-3/h2-3,5,9-10H,4,6-7H2,1H3,(H2,14,16,17);1H2/t9-,10?;/m1./s1. The monoisotopic (exact) mass is 308 g/mol. The summed E-state index contributed by atoms with van der Waals surface area (Å²) < 4.78 is 20.8. The third-order valence-electron chi connectivity index (χ3n) is 4.11. The largest absolute Gasteiger partial charge is 0.368 e. The maximum Gasteiger partial charge on any atom is 0.229 e. The average Bonchev–Trinajstić information content (AvgIpc) is 2.97. The number of hydrogen-bond donors (Lipinski definition) is 1. The van der Waals surface area contributed by atoms with E-state index in [0.717, 1.165) is 36.3 Å². The molecule has 2 atom stereocenters.